The van der Waals surface area contributed by atoms with Crippen LogP contribution < -0.4 is 4.98 Å². The van der Waals surface area contributed by atoms with Crippen LogP contribution in [0.3, 0.4) is 0 Å². The first-order valence-corrected chi connectivity index (χ1v) is 5.25. The summed E-state index contributed by atoms with van der Waals surface area (Å²) in [6.07, 6.45) is 0. The molecular weight excluding hydrogens is 150 g/mol. The molecule has 0 radical (unpaired) electrons. The first-order valence-electron chi connectivity index (χ1n) is 2.93. The molecule has 0 heterocycles. The molecule has 60 valence electrons. The van der Waals surface area contributed by atoms with Crippen molar-refractivity contribution in [3.8, 4) is 0 Å². The fourth-order valence-electron chi connectivity index (χ4n) is 0.505. The van der Waals surface area contributed by atoms with Gasteiger partial charge in [0.25, 0.3) is 0 Å². The van der Waals surface area contributed by atoms with Gasteiger partial charge in [-0.25, -0.2) is 0 Å². The lowest BCUT2D eigenvalue weighted by atomic mass is 10.8. The van der Waals surface area contributed by atoms with Crippen molar-refractivity contribution < 1.29 is 13.6 Å². The smallest absolute Gasteiger partial charge is 0.382 e. The van der Waals surface area contributed by atoms with Crippen LogP contribution in [0.5, 0.6) is 0 Å². The highest BCUT2D eigenvalue weighted by atomic mass is 28.4. The molecule has 0 spiro atoms. The molecule has 0 fully saturated rings. The summed E-state index contributed by atoms with van der Waals surface area (Å²) in [4.78, 5) is 13.2. The van der Waals surface area contributed by atoms with Crippen LogP contribution in [0.15, 0.2) is 0 Å². The van der Waals surface area contributed by atoms with E-state index in [0.717, 1.165) is 0 Å². The minimum absolute atomic E-state index is 0.127. The molecule has 1 N–H and O–H groups in total. The Morgan fingerprint density at radius 2 is 1.80 bits per heavy atom. The van der Waals surface area contributed by atoms with E-state index in [-0.39, 0.29) is 5.91 Å². The van der Waals surface area contributed by atoms with Gasteiger partial charge in [-0.1, -0.05) is 0 Å². The van der Waals surface area contributed by atoms with Gasteiger partial charge in [0, 0.05) is 21.1 Å². The Bertz CT molecular complexity index is 124. The molecule has 0 aromatic rings. The lowest BCUT2D eigenvalue weighted by Gasteiger charge is -2.21. The van der Waals surface area contributed by atoms with E-state index in [1.54, 1.807) is 6.55 Å². The molecule has 10 heavy (non-hydrogen) atoms. The van der Waals surface area contributed by atoms with Crippen LogP contribution in [-0.2, 0) is 13.6 Å². The number of carbonyl (C=O) groups is 1. The minimum atomic E-state index is -2.36. The van der Waals surface area contributed by atoms with E-state index < -0.39 is 8.72 Å². The van der Waals surface area contributed by atoms with E-state index >= 15 is 0 Å². The number of hydrogen-bond acceptors (Lipinski definition) is 3. The Labute approximate surface area is 61.8 Å². The van der Waals surface area contributed by atoms with Crippen LogP contribution >= 0.6 is 0 Å². The van der Waals surface area contributed by atoms with E-state index in [4.69, 9.17) is 8.85 Å². The highest BCUT2D eigenvalue weighted by Crippen LogP contribution is 1.97. The van der Waals surface area contributed by atoms with Gasteiger partial charge in [0.2, 0.25) is 5.91 Å². The molecule has 0 aromatic heterocycles. The molecule has 1 amide bonds. The van der Waals surface area contributed by atoms with E-state index in [1.807, 2.05) is 0 Å². The summed E-state index contributed by atoms with van der Waals surface area (Å²) in [5.41, 5.74) is 0. The molecule has 0 unspecified atom stereocenters. The second kappa shape index (κ2) is 3.70. The van der Waals surface area contributed by atoms with Crippen molar-refractivity contribution in [3.05, 3.63) is 0 Å². The van der Waals surface area contributed by atoms with Crippen LogP contribution in [0.4, 0.5) is 0 Å². The Morgan fingerprint density at radius 3 is 1.90 bits per heavy atom. The molecule has 0 aliphatic carbocycles. The largest absolute Gasteiger partial charge is 0.455 e. The average Bonchev–Trinajstić information content (AvgIpc) is 1.87. The Kier molecular flexibility index (Phi) is 3.55. The van der Waals surface area contributed by atoms with Crippen LogP contribution in [0.1, 0.15) is 6.92 Å². The maximum absolute atomic E-state index is 10.5. The molecule has 0 saturated carbocycles. The molecule has 4 nitrogen and oxygen atoms in total. The summed E-state index contributed by atoms with van der Waals surface area (Å²) in [5, 5.41) is 0. The standard InChI is InChI=1S/C5H13NO3Si/c1-5(7)6-10(4,8-2)9-3/h1-4H3,(H,6,7). The molecule has 0 saturated heterocycles. The summed E-state index contributed by atoms with van der Waals surface area (Å²) in [7, 11) is 0.679. The van der Waals surface area contributed by atoms with Crippen LogP contribution in [0.2, 0.25) is 6.55 Å². The van der Waals surface area contributed by atoms with Crippen molar-refractivity contribution in [2.45, 2.75) is 13.5 Å². The van der Waals surface area contributed by atoms with Crippen LogP contribution in [0, 0.1) is 0 Å². The number of rotatable bonds is 3. The van der Waals surface area contributed by atoms with E-state index in [0.29, 0.717) is 0 Å². The van der Waals surface area contributed by atoms with Gasteiger partial charge in [0.05, 0.1) is 0 Å². The quantitative estimate of drug-likeness (QED) is 0.595. The molecule has 0 aliphatic rings. The van der Waals surface area contributed by atoms with Gasteiger partial charge in [-0.15, -0.1) is 0 Å². The number of hydrogen-bond donors (Lipinski definition) is 1. The normalized spacial score (nSPS) is 11.2. The average molecular weight is 163 g/mol. The van der Waals surface area contributed by atoms with Crippen LogP contribution in [-0.4, -0.2) is 28.8 Å². The lowest BCUT2D eigenvalue weighted by molar-refractivity contribution is -0.118. The zero-order chi connectivity index (χ0) is 8.20. The Balaban J connectivity index is 3.92. The third kappa shape index (κ3) is 2.95. The molecule has 5 heteroatoms. The highest BCUT2D eigenvalue weighted by Gasteiger charge is 2.30. The number of amides is 1. The molecular formula is C5H13NO3Si. The van der Waals surface area contributed by atoms with Crippen LogP contribution in [0.25, 0.3) is 0 Å². The molecule has 0 bridgehead atoms. The lowest BCUT2D eigenvalue weighted by Crippen LogP contribution is -2.54. The first-order chi connectivity index (χ1) is 4.54. The number of nitrogens with one attached hydrogen (secondary N) is 1. The van der Waals surface area contributed by atoms with Gasteiger partial charge < -0.3 is 13.8 Å². The molecule has 0 aromatic carbocycles. The maximum atomic E-state index is 10.5. The summed E-state index contributed by atoms with van der Waals surface area (Å²) in [5.74, 6) is -0.127. The number of carbonyl (C=O) groups excluding carboxylic acids is 1. The fraction of sp³-hybridized carbons (Fsp3) is 0.800. The monoisotopic (exact) mass is 163 g/mol. The van der Waals surface area contributed by atoms with Gasteiger partial charge in [-0.05, 0) is 6.55 Å². The van der Waals surface area contributed by atoms with Gasteiger partial charge in [-0.3, -0.25) is 4.79 Å². The van der Waals surface area contributed by atoms with Crippen molar-refractivity contribution in [2.75, 3.05) is 14.2 Å². The van der Waals surface area contributed by atoms with Crippen molar-refractivity contribution in [2.24, 2.45) is 0 Å². The molecule has 0 aliphatic heterocycles. The minimum Gasteiger partial charge on any atom is -0.382 e. The predicted molar refractivity (Wildman–Crippen MR) is 39.5 cm³/mol. The molecule has 0 rings (SSSR count). The van der Waals surface area contributed by atoms with Gasteiger partial charge in [0.1, 0.15) is 0 Å². The topological polar surface area (TPSA) is 47.6 Å². The summed E-state index contributed by atoms with van der Waals surface area (Å²) in [6.45, 7) is 3.19. The fourth-order valence-corrected chi connectivity index (χ4v) is 1.52. The first kappa shape index (κ1) is 9.61. The molecule has 0 atom stereocenters. The zero-order valence-electron chi connectivity index (χ0n) is 6.72. The second-order valence-electron chi connectivity index (χ2n) is 2.04. The van der Waals surface area contributed by atoms with E-state index in [1.165, 1.54) is 21.1 Å². The van der Waals surface area contributed by atoms with Crippen molar-refractivity contribution in [1.82, 2.24) is 4.98 Å². The third-order valence-corrected chi connectivity index (χ3v) is 3.55. The van der Waals surface area contributed by atoms with E-state index in [9.17, 15) is 4.79 Å². The summed E-state index contributed by atoms with van der Waals surface area (Å²) in [6, 6.07) is 0. The summed E-state index contributed by atoms with van der Waals surface area (Å²) < 4.78 is 9.96. The van der Waals surface area contributed by atoms with Crippen molar-refractivity contribution >= 4 is 14.6 Å². The van der Waals surface area contributed by atoms with Gasteiger partial charge in [0.15, 0.2) is 0 Å². The van der Waals surface area contributed by atoms with Crippen molar-refractivity contribution in [1.29, 1.82) is 0 Å². The Hall–Kier alpha value is -0.393. The predicted octanol–water partition coefficient (Wildman–Crippen LogP) is -0.0160. The Morgan fingerprint density at radius 1 is 1.40 bits per heavy atom. The SMILES string of the molecule is CO[Si](C)(NC(C)=O)OC. The maximum Gasteiger partial charge on any atom is 0.455 e. The van der Waals surface area contributed by atoms with E-state index in [2.05, 4.69) is 4.98 Å². The van der Waals surface area contributed by atoms with Gasteiger partial charge in [-0.2, -0.15) is 0 Å². The zero-order valence-corrected chi connectivity index (χ0v) is 7.72. The van der Waals surface area contributed by atoms with Gasteiger partial charge >= 0.3 is 8.72 Å². The summed E-state index contributed by atoms with van der Waals surface area (Å²) >= 11 is 0. The third-order valence-electron chi connectivity index (χ3n) is 1.18. The van der Waals surface area contributed by atoms with Crippen molar-refractivity contribution in [3.63, 3.8) is 0 Å². The highest BCUT2D eigenvalue weighted by molar-refractivity contribution is 6.65. The second-order valence-corrected chi connectivity index (χ2v) is 4.99.